The van der Waals surface area contributed by atoms with Gasteiger partial charge >= 0.3 is 11.9 Å². The molecule has 0 amide bonds. The third-order valence-electron chi connectivity index (χ3n) is 3.95. The zero-order chi connectivity index (χ0) is 16.0. The minimum Gasteiger partial charge on any atom is -0.465 e. The van der Waals surface area contributed by atoms with Crippen molar-refractivity contribution >= 4 is 11.9 Å². The first-order valence-electron chi connectivity index (χ1n) is 8.14. The SMILES string of the molecule is CC(C)COC(=O)C1CCC(C)C(C(=O)OCC(C)C)C1. The third-order valence-corrected chi connectivity index (χ3v) is 3.95. The van der Waals surface area contributed by atoms with Crippen molar-refractivity contribution in [2.24, 2.45) is 29.6 Å². The van der Waals surface area contributed by atoms with E-state index >= 15 is 0 Å². The standard InChI is InChI=1S/C17H30O4/c1-11(2)9-20-16(18)14-7-6-13(5)15(8-14)17(19)21-10-12(3)4/h11-15H,6-10H2,1-5H3. The first-order valence-corrected chi connectivity index (χ1v) is 8.14. The first-order chi connectivity index (χ1) is 9.81. The van der Waals surface area contributed by atoms with E-state index in [-0.39, 0.29) is 29.7 Å². The number of rotatable bonds is 6. The lowest BCUT2D eigenvalue weighted by Gasteiger charge is -2.31. The van der Waals surface area contributed by atoms with Crippen LogP contribution in [0.25, 0.3) is 0 Å². The number of hydrogen-bond donors (Lipinski definition) is 0. The lowest BCUT2D eigenvalue weighted by Crippen LogP contribution is -2.35. The Morgan fingerprint density at radius 3 is 2.00 bits per heavy atom. The van der Waals surface area contributed by atoms with Crippen LogP contribution in [0.15, 0.2) is 0 Å². The molecule has 3 atom stereocenters. The van der Waals surface area contributed by atoms with Crippen molar-refractivity contribution in [1.29, 1.82) is 0 Å². The summed E-state index contributed by atoms with van der Waals surface area (Å²) in [6.45, 7) is 11.0. The van der Waals surface area contributed by atoms with E-state index in [1.54, 1.807) is 0 Å². The monoisotopic (exact) mass is 298 g/mol. The topological polar surface area (TPSA) is 52.6 Å². The van der Waals surface area contributed by atoms with Crippen molar-refractivity contribution in [2.75, 3.05) is 13.2 Å². The summed E-state index contributed by atoms with van der Waals surface area (Å²) in [7, 11) is 0. The molecular formula is C17H30O4. The lowest BCUT2D eigenvalue weighted by molar-refractivity contribution is -0.158. The molecule has 0 aromatic rings. The fourth-order valence-corrected chi connectivity index (χ4v) is 2.59. The van der Waals surface area contributed by atoms with Crippen molar-refractivity contribution < 1.29 is 19.1 Å². The molecule has 0 aromatic heterocycles. The number of carbonyl (C=O) groups is 2. The normalized spacial score (nSPS) is 26.0. The van der Waals surface area contributed by atoms with Gasteiger partial charge in [0.2, 0.25) is 0 Å². The van der Waals surface area contributed by atoms with Gasteiger partial charge in [-0.1, -0.05) is 34.6 Å². The Hall–Kier alpha value is -1.06. The number of ether oxygens (including phenoxy) is 2. The summed E-state index contributed by atoms with van der Waals surface area (Å²) in [6.07, 6.45) is 2.25. The second-order valence-electron chi connectivity index (χ2n) is 7.14. The number of hydrogen-bond acceptors (Lipinski definition) is 4. The van der Waals surface area contributed by atoms with E-state index in [1.807, 2.05) is 27.7 Å². The Balaban J connectivity index is 2.52. The van der Waals surface area contributed by atoms with Gasteiger partial charge in [-0.3, -0.25) is 9.59 Å². The van der Waals surface area contributed by atoms with E-state index in [1.165, 1.54) is 0 Å². The van der Waals surface area contributed by atoms with Crippen molar-refractivity contribution in [3.05, 3.63) is 0 Å². The van der Waals surface area contributed by atoms with Crippen LogP contribution in [0, 0.1) is 29.6 Å². The minimum atomic E-state index is -0.172. The van der Waals surface area contributed by atoms with Gasteiger partial charge in [0.15, 0.2) is 0 Å². The summed E-state index contributed by atoms with van der Waals surface area (Å²) in [5.41, 5.74) is 0. The lowest BCUT2D eigenvalue weighted by atomic mass is 9.75. The number of esters is 2. The van der Waals surface area contributed by atoms with Crippen molar-refractivity contribution in [1.82, 2.24) is 0 Å². The first kappa shape index (κ1) is 18.0. The molecule has 1 fully saturated rings. The average molecular weight is 298 g/mol. The van der Waals surface area contributed by atoms with Crippen LogP contribution in [0.4, 0.5) is 0 Å². The molecule has 0 aliphatic heterocycles. The second-order valence-corrected chi connectivity index (χ2v) is 7.14. The molecule has 0 saturated heterocycles. The van der Waals surface area contributed by atoms with Crippen LogP contribution in [0.3, 0.4) is 0 Å². The molecule has 0 bridgehead atoms. The highest BCUT2D eigenvalue weighted by Crippen LogP contribution is 2.35. The van der Waals surface area contributed by atoms with E-state index in [0.29, 0.717) is 31.5 Å². The maximum Gasteiger partial charge on any atom is 0.309 e. The van der Waals surface area contributed by atoms with Gasteiger partial charge in [-0.25, -0.2) is 0 Å². The van der Waals surface area contributed by atoms with Crippen LogP contribution in [0.2, 0.25) is 0 Å². The fraction of sp³-hybridized carbons (Fsp3) is 0.882. The van der Waals surface area contributed by atoms with Crippen LogP contribution in [0.5, 0.6) is 0 Å². The maximum absolute atomic E-state index is 12.2. The second kappa shape index (κ2) is 8.40. The summed E-state index contributed by atoms with van der Waals surface area (Å²) >= 11 is 0. The minimum absolute atomic E-state index is 0.155. The van der Waals surface area contributed by atoms with E-state index in [0.717, 1.165) is 12.8 Å². The average Bonchev–Trinajstić information content (AvgIpc) is 2.42. The Morgan fingerprint density at radius 1 is 0.952 bits per heavy atom. The fourth-order valence-electron chi connectivity index (χ4n) is 2.59. The molecule has 1 aliphatic carbocycles. The van der Waals surface area contributed by atoms with Gasteiger partial charge in [0.25, 0.3) is 0 Å². The van der Waals surface area contributed by atoms with E-state index < -0.39 is 0 Å². The third kappa shape index (κ3) is 6.06. The van der Waals surface area contributed by atoms with Crippen molar-refractivity contribution in [3.8, 4) is 0 Å². The predicted octanol–water partition coefficient (Wildman–Crippen LogP) is 3.44. The van der Waals surface area contributed by atoms with Gasteiger partial charge in [-0.15, -0.1) is 0 Å². The molecule has 1 rings (SSSR count). The molecule has 0 aromatic carbocycles. The summed E-state index contributed by atoms with van der Waals surface area (Å²) in [5, 5.41) is 0. The van der Waals surface area contributed by atoms with E-state index in [9.17, 15) is 9.59 Å². The summed E-state index contributed by atoms with van der Waals surface area (Å²) in [5.74, 6) is 0.308. The zero-order valence-corrected chi connectivity index (χ0v) is 14.1. The predicted molar refractivity (Wildman–Crippen MR) is 81.6 cm³/mol. The van der Waals surface area contributed by atoms with Crippen LogP contribution >= 0.6 is 0 Å². The molecule has 0 heterocycles. The van der Waals surface area contributed by atoms with E-state index in [4.69, 9.17) is 9.47 Å². The quantitative estimate of drug-likeness (QED) is 0.705. The van der Waals surface area contributed by atoms with Crippen molar-refractivity contribution in [3.63, 3.8) is 0 Å². The highest BCUT2D eigenvalue weighted by atomic mass is 16.5. The van der Waals surface area contributed by atoms with Gasteiger partial charge < -0.3 is 9.47 Å². The molecule has 0 radical (unpaired) electrons. The molecule has 1 saturated carbocycles. The van der Waals surface area contributed by atoms with Crippen LogP contribution in [-0.4, -0.2) is 25.2 Å². The molecule has 21 heavy (non-hydrogen) atoms. The summed E-state index contributed by atoms with van der Waals surface area (Å²) < 4.78 is 10.7. The highest BCUT2D eigenvalue weighted by Gasteiger charge is 2.37. The Bertz CT molecular complexity index is 349. The van der Waals surface area contributed by atoms with Crippen LogP contribution < -0.4 is 0 Å². The Labute approximate surface area is 128 Å². The van der Waals surface area contributed by atoms with Gasteiger partial charge in [-0.2, -0.15) is 0 Å². The van der Waals surface area contributed by atoms with Gasteiger partial charge in [0, 0.05) is 0 Å². The molecular weight excluding hydrogens is 268 g/mol. The molecule has 0 N–H and O–H groups in total. The van der Waals surface area contributed by atoms with Crippen LogP contribution in [0.1, 0.15) is 53.9 Å². The molecule has 1 aliphatic rings. The Kier molecular flexibility index (Phi) is 7.20. The zero-order valence-electron chi connectivity index (χ0n) is 14.1. The van der Waals surface area contributed by atoms with Gasteiger partial charge in [-0.05, 0) is 37.0 Å². The van der Waals surface area contributed by atoms with Crippen LogP contribution in [-0.2, 0) is 19.1 Å². The summed E-state index contributed by atoms with van der Waals surface area (Å²) in [4.78, 5) is 24.2. The molecule has 4 nitrogen and oxygen atoms in total. The largest absolute Gasteiger partial charge is 0.465 e. The number of carbonyl (C=O) groups excluding carboxylic acids is 2. The Morgan fingerprint density at radius 2 is 1.48 bits per heavy atom. The molecule has 3 unspecified atom stereocenters. The smallest absolute Gasteiger partial charge is 0.309 e. The maximum atomic E-state index is 12.2. The molecule has 122 valence electrons. The highest BCUT2D eigenvalue weighted by molar-refractivity contribution is 5.76. The summed E-state index contributed by atoms with van der Waals surface area (Å²) in [6, 6.07) is 0. The molecule has 0 spiro atoms. The van der Waals surface area contributed by atoms with E-state index in [2.05, 4.69) is 6.92 Å². The van der Waals surface area contributed by atoms with Gasteiger partial charge in [0.05, 0.1) is 25.0 Å². The molecule has 4 heteroatoms. The van der Waals surface area contributed by atoms with Crippen molar-refractivity contribution in [2.45, 2.75) is 53.9 Å². The van der Waals surface area contributed by atoms with Gasteiger partial charge in [0.1, 0.15) is 0 Å².